The summed E-state index contributed by atoms with van der Waals surface area (Å²) >= 11 is 0. The van der Waals surface area contributed by atoms with Crippen molar-refractivity contribution < 1.29 is 14.3 Å². The van der Waals surface area contributed by atoms with Gasteiger partial charge in [0, 0.05) is 32.6 Å². The number of aromatic nitrogens is 1. The molecule has 0 spiro atoms. The first-order valence-corrected chi connectivity index (χ1v) is 7.19. The van der Waals surface area contributed by atoms with Gasteiger partial charge in [-0.25, -0.2) is 0 Å². The molecule has 1 aromatic rings. The van der Waals surface area contributed by atoms with Gasteiger partial charge >= 0.3 is 0 Å². The molecule has 2 heterocycles. The number of nitrogens with zero attached hydrogens (tertiary/aromatic N) is 2. The Kier molecular flexibility index (Phi) is 5.68. The molecule has 1 fully saturated rings. The van der Waals surface area contributed by atoms with Crippen molar-refractivity contribution in [3.8, 4) is 0 Å². The van der Waals surface area contributed by atoms with Crippen LogP contribution in [-0.2, 0) is 20.7 Å². The van der Waals surface area contributed by atoms with E-state index < -0.39 is 0 Å². The van der Waals surface area contributed by atoms with Crippen molar-refractivity contribution in [2.45, 2.75) is 25.4 Å². The van der Waals surface area contributed by atoms with Crippen LogP contribution in [0.15, 0.2) is 24.5 Å². The summed E-state index contributed by atoms with van der Waals surface area (Å²) in [6.45, 7) is 1.25. The molecule has 0 aliphatic carbocycles. The zero-order valence-electron chi connectivity index (χ0n) is 12.2. The molecule has 1 aromatic heterocycles. The first-order chi connectivity index (χ1) is 10.2. The maximum atomic E-state index is 11.9. The fraction of sp³-hybridized carbons (Fsp3) is 0.533. The quantitative estimate of drug-likeness (QED) is 0.822. The van der Waals surface area contributed by atoms with Gasteiger partial charge in [-0.3, -0.25) is 14.6 Å². The van der Waals surface area contributed by atoms with Gasteiger partial charge in [0.05, 0.1) is 6.54 Å². The fourth-order valence-electron chi connectivity index (χ4n) is 2.17. The molecule has 6 heteroatoms. The molecule has 0 radical (unpaired) electrons. The van der Waals surface area contributed by atoms with Crippen LogP contribution in [0.25, 0.3) is 0 Å². The summed E-state index contributed by atoms with van der Waals surface area (Å²) in [6.07, 6.45) is 5.48. The smallest absolute Gasteiger partial charge is 0.249 e. The lowest BCUT2D eigenvalue weighted by atomic mass is 10.2. The molecule has 0 bridgehead atoms. The lowest BCUT2D eigenvalue weighted by Crippen LogP contribution is -2.42. The lowest BCUT2D eigenvalue weighted by molar-refractivity contribution is -0.135. The monoisotopic (exact) mass is 291 g/mol. The van der Waals surface area contributed by atoms with E-state index in [9.17, 15) is 9.59 Å². The number of nitrogens with one attached hydrogen (secondary N) is 1. The third-order valence-electron chi connectivity index (χ3n) is 3.55. The summed E-state index contributed by atoms with van der Waals surface area (Å²) in [4.78, 5) is 29.3. The standard InChI is InChI=1S/C15H21N3O3/c1-18(9-6-12-4-7-16-8-5-12)14(19)11-17-15(20)13-3-2-10-21-13/h4-5,7-8,13H,2-3,6,9-11H2,1H3,(H,17,20). The van der Waals surface area contributed by atoms with Crippen LogP contribution in [0.5, 0.6) is 0 Å². The third-order valence-corrected chi connectivity index (χ3v) is 3.55. The molecular weight excluding hydrogens is 270 g/mol. The van der Waals surface area contributed by atoms with Gasteiger partial charge in [-0.05, 0) is 37.0 Å². The molecule has 1 saturated heterocycles. The highest BCUT2D eigenvalue weighted by Crippen LogP contribution is 2.11. The van der Waals surface area contributed by atoms with Crippen molar-refractivity contribution in [1.29, 1.82) is 0 Å². The van der Waals surface area contributed by atoms with E-state index in [2.05, 4.69) is 10.3 Å². The van der Waals surface area contributed by atoms with Crippen LogP contribution in [0, 0.1) is 0 Å². The molecule has 2 rings (SSSR count). The second kappa shape index (κ2) is 7.73. The molecule has 1 unspecified atom stereocenters. The molecule has 1 atom stereocenters. The first kappa shape index (κ1) is 15.4. The van der Waals surface area contributed by atoms with Crippen LogP contribution in [-0.4, -0.2) is 54.5 Å². The Morgan fingerprint density at radius 2 is 2.19 bits per heavy atom. The van der Waals surface area contributed by atoms with Gasteiger partial charge in [0.2, 0.25) is 11.8 Å². The molecule has 0 aromatic carbocycles. The average molecular weight is 291 g/mol. The zero-order chi connectivity index (χ0) is 15.1. The van der Waals surface area contributed by atoms with Gasteiger partial charge in [0.25, 0.3) is 0 Å². The second-order valence-corrected chi connectivity index (χ2v) is 5.14. The van der Waals surface area contributed by atoms with E-state index in [0.29, 0.717) is 13.2 Å². The topological polar surface area (TPSA) is 71.5 Å². The predicted octanol–water partition coefficient (Wildman–Crippen LogP) is 0.378. The van der Waals surface area contributed by atoms with Gasteiger partial charge in [-0.1, -0.05) is 0 Å². The van der Waals surface area contributed by atoms with E-state index in [1.54, 1.807) is 24.3 Å². The third kappa shape index (κ3) is 4.82. The highest BCUT2D eigenvalue weighted by Gasteiger charge is 2.23. The Balaban J connectivity index is 1.68. The molecule has 1 aliphatic heterocycles. The minimum atomic E-state index is -0.389. The van der Waals surface area contributed by atoms with Crippen molar-refractivity contribution in [2.24, 2.45) is 0 Å². The molecular formula is C15H21N3O3. The minimum absolute atomic E-state index is 0.0194. The normalized spacial score (nSPS) is 17.5. The summed E-state index contributed by atoms with van der Waals surface area (Å²) < 4.78 is 5.27. The maximum Gasteiger partial charge on any atom is 0.249 e. The molecule has 114 valence electrons. The summed E-state index contributed by atoms with van der Waals surface area (Å²) in [5.74, 6) is -0.293. The minimum Gasteiger partial charge on any atom is -0.368 e. The predicted molar refractivity (Wildman–Crippen MR) is 77.6 cm³/mol. The van der Waals surface area contributed by atoms with Crippen LogP contribution in [0.2, 0.25) is 0 Å². The Morgan fingerprint density at radius 1 is 1.43 bits per heavy atom. The Labute approximate surface area is 124 Å². The molecule has 21 heavy (non-hydrogen) atoms. The van der Waals surface area contributed by atoms with Crippen LogP contribution >= 0.6 is 0 Å². The summed E-state index contributed by atoms with van der Waals surface area (Å²) in [5.41, 5.74) is 1.13. The van der Waals surface area contributed by atoms with Gasteiger partial charge < -0.3 is 15.0 Å². The molecule has 2 amide bonds. The van der Waals surface area contributed by atoms with E-state index in [1.807, 2.05) is 12.1 Å². The van der Waals surface area contributed by atoms with Crippen molar-refractivity contribution in [3.05, 3.63) is 30.1 Å². The van der Waals surface area contributed by atoms with Crippen molar-refractivity contribution in [3.63, 3.8) is 0 Å². The van der Waals surface area contributed by atoms with E-state index in [1.165, 1.54) is 0 Å². The first-order valence-electron chi connectivity index (χ1n) is 7.19. The number of carbonyl (C=O) groups excluding carboxylic acids is 2. The Bertz CT molecular complexity index is 472. The number of rotatable bonds is 6. The molecule has 6 nitrogen and oxygen atoms in total. The average Bonchev–Trinajstić information content (AvgIpc) is 3.05. The number of pyridine rings is 1. The van der Waals surface area contributed by atoms with E-state index >= 15 is 0 Å². The van der Waals surface area contributed by atoms with Crippen molar-refractivity contribution >= 4 is 11.8 Å². The maximum absolute atomic E-state index is 11.9. The second-order valence-electron chi connectivity index (χ2n) is 5.14. The number of amides is 2. The number of carbonyl (C=O) groups is 2. The highest BCUT2D eigenvalue weighted by atomic mass is 16.5. The van der Waals surface area contributed by atoms with Gasteiger partial charge in [0.1, 0.15) is 6.10 Å². The Morgan fingerprint density at radius 3 is 2.86 bits per heavy atom. The van der Waals surface area contributed by atoms with Crippen LogP contribution in [0.4, 0.5) is 0 Å². The number of ether oxygens (including phenoxy) is 1. The van der Waals surface area contributed by atoms with Crippen molar-refractivity contribution in [1.82, 2.24) is 15.2 Å². The van der Waals surface area contributed by atoms with Crippen LogP contribution in [0.1, 0.15) is 18.4 Å². The van der Waals surface area contributed by atoms with E-state index in [0.717, 1.165) is 24.8 Å². The van der Waals surface area contributed by atoms with E-state index in [-0.39, 0.29) is 24.5 Å². The number of hydrogen-bond donors (Lipinski definition) is 1. The zero-order valence-corrected chi connectivity index (χ0v) is 12.2. The van der Waals surface area contributed by atoms with Gasteiger partial charge in [-0.15, -0.1) is 0 Å². The molecule has 0 saturated carbocycles. The SMILES string of the molecule is CN(CCc1ccncc1)C(=O)CNC(=O)C1CCCO1. The fourth-order valence-corrected chi connectivity index (χ4v) is 2.17. The van der Waals surface area contributed by atoms with Crippen molar-refractivity contribution in [2.75, 3.05) is 26.7 Å². The summed E-state index contributed by atoms with van der Waals surface area (Å²) in [5, 5.41) is 2.64. The van der Waals surface area contributed by atoms with Crippen LogP contribution in [0.3, 0.4) is 0 Å². The highest BCUT2D eigenvalue weighted by molar-refractivity contribution is 5.86. The molecule has 1 aliphatic rings. The number of hydrogen-bond acceptors (Lipinski definition) is 4. The lowest BCUT2D eigenvalue weighted by Gasteiger charge is -2.18. The Hall–Kier alpha value is -1.95. The largest absolute Gasteiger partial charge is 0.368 e. The summed E-state index contributed by atoms with van der Waals surface area (Å²) in [6, 6.07) is 3.86. The summed E-state index contributed by atoms with van der Waals surface area (Å²) in [7, 11) is 1.74. The van der Waals surface area contributed by atoms with E-state index in [4.69, 9.17) is 4.74 Å². The molecule has 1 N–H and O–H groups in total. The van der Waals surface area contributed by atoms with Crippen LogP contribution < -0.4 is 5.32 Å². The van der Waals surface area contributed by atoms with Gasteiger partial charge in [0.15, 0.2) is 0 Å². The van der Waals surface area contributed by atoms with Gasteiger partial charge in [-0.2, -0.15) is 0 Å². The number of likely N-dealkylation sites (N-methyl/N-ethyl adjacent to an activating group) is 1.